The summed E-state index contributed by atoms with van der Waals surface area (Å²) < 4.78 is 26.3. The Hall–Kier alpha value is -2.29. The van der Waals surface area contributed by atoms with Gasteiger partial charge in [0.15, 0.2) is 0 Å². The molecule has 0 aromatic heterocycles. The lowest BCUT2D eigenvalue weighted by atomic mass is 10.1. The maximum absolute atomic E-state index is 13.4. The predicted octanol–water partition coefficient (Wildman–Crippen LogP) is 4.79. The average Bonchev–Trinajstić information content (AvgIpc) is 2.79. The van der Waals surface area contributed by atoms with Gasteiger partial charge in [-0.3, -0.25) is 13.9 Å². The van der Waals surface area contributed by atoms with E-state index in [9.17, 15) is 18.0 Å². The van der Waals surface area contributed by atoms with Gasteiger partial charge in [0.05, 0.1) is 11.9 Å². The van der Waals surface area contributed by atoms with E-state index in [4.69, 9.17) is 23.2 Å². The van der Waals surface area contributed by atoms with Crippen LogP contribution in [0.2, 0.25) is 10.0 Å². The summed E-state index contributed by atoms with van der Waals surface area (Å²) in [6, 6.07) is 11.6. The quantitative estimate of drug-likeness (QED) is 0.418. The largest absolute Gasteiger partial charge is 0.355 e. The smallest absolute Gasteiger partial charge is 0.242 e. The molecule has 192 valence electrons. The lowest BCUT2D eigenvalue weighted by Crippen LogP contribution is -2.49. The van der Waals surface area contributed by atoms with Gasteiger partial charge in [-0.25, -0.2) is 8.42 Å². The first kappa shape index (κ1) is 28.9. The molecule has 0 saturated carbocycles. The number of anilines is 1. The minimum absolute atomic E-state index is 0.0615. The first-order valence-electron chi connectivity index (χ1n) is 11.5. The summed E-state index contributed by atoms with van der Waals surface area (Å²) in [5.74, 6) is -0.484. The minimum atomic E-state index is -3.60. The highest BCUT2D eigenvalue weighted by atomic mass is 35.5. The van der Waals surface area contributed by atoms with Gasteiger partial charge in [-0.15, -0.1) is 0 Å². The molecule has 2 aromatic carbocycles. The molecule has 0 spiro atoms. The molecule has 7 nitrogen and oxygen atoms in total. The van der Waals surface area contributed by atoms with Gasteiger partial charge in [-0.1, -0.05) is 54.4 Å². The van der Waals surface area contributed by atoms with Crippen LogP contribution in [0, 0.1) is 6.92 Å². The van der Waals surface area contributed by atoms with Crippen LogP contribution in [0.3, 0.4) is 0 Å². The average molecular weight is 543 g/mol. The molecule has 0 aliphatic carbocycles. The summed E-state index contributed by atoms with van der Waals surface area (Å²) in [4.78, 5) is 27.6. The Labute approximate surface area is 218 Å². The van der Waals surface area contributed by atoms with Crippen molar-refractivity contribution >= 4 is 50.7 Å². The maximum Gasteiger partial charge on any atom is 0.242 e. The molecule has 1 N–H and O–H groups in total. The third-order valence-corrected chi connectivity index (χ3v) is 7.65. The number of carbonyl (C=O) groups is 2. The van der Waals surface area contributed by atoms with E-state index in [1.54, 1.807) is 37.3 Å². The third kappa shape index (κ3) is 7.85. The van der Waals surface area contributed by atoms with Gasteiger partial charge < -0.3 is 10.2 Å². The van der Waals surface area contributed by atoms with Gasteiger partial charge in [0.25, 0.3) is 0 Å². The van der Waals surface area contributed by atoms with Crippen molar-refractivity contribution in [1.82, 2.24) is 10.2 Å². The van der Waals surface area contributed by atoms with Crippen LogP contribution >= 0.6 is 23.2 Å². The van der Waals surface area contributed by atoms with Crippen LogP contribution in [0.1, 0.15) is 44.2 Å². The Morgan fingerprint density at radius 3 is 2.29 bits per heavy atom. The zero-order chi connectivity index (χ0) is 26.2. The van der Waals surface area contributed by atoms with Crippen molar-refractivity contribution < 1.29 is 18.0 Å². The Bertz CT molecular complexity index is 1140. The number of amides is 2. The molecule has 0 unspecified atom stereocenters. The van der Waals surface area contributed by atoms with E-state index >= 15 is 0 Å². The normalized spacial score (nSPS) is 12.2. The highest BCUT2D eigenvalue weighted by Crippen LogP contribution is 2.28. The van der Waals surface area contributed by atoms with Crippen LogP contribution in [0.5, 0.6) is 0 Å². The molecular formula is C25H33Cl2N3O4S. The molecule has 0 saturated heterocycles. The van der Waals surface area contributed by atoms with Crippen molar-refractivity contribution in [2.24, 2.45) is 0 Å². The number of nitrogens with zero attached hydrogens (tertiary/aromatic N) is 2. The van der Waals surface area contributed by atoms with Crippen molar-refractivity contribution in [1.29, 1.82) is 0 Å². The van der Waals surface area contributed by atoms with Gasteiger partial charge in [0.1, 0.15) is 6.04 Å². The number of carbonyl (C=O) groups excluding carboxylic acids is 2. The van der Waals surface area contributed by atoms with Gasteiger partial charge in [0, 0.05) is 36.1 Å². The maximum atomic E-state index is 13.4. The Morgan fingerprint density at radius 2 is 1.69 bits per heavy atom. The number of nitrogens with one attached hydrogen (secondary N) is 1. The molecule has 0 aliphatic heterocycles. The van der Waals surface area contributed by atoms with Crippen LogP contribution < -0.4 is 9.62 Å². The molecule has 0 fully saturated rings. The molecule has 0 heterocycles. The standard InChI is InChI=1S/C25H33Cl2N3O4S/c1-5-22(25(32)28-6-2)29(17-19-11-7-8-12-21(19)27)24(31)15-10-16-30(35(4,33)34)23-14-9-13-20(26)18(23)3/h7-9,11-14,22H,5-6,10,15-17H2,1-4H3,(H,28,32)/t22-/m0/s1. The fourth-order valence-electron chi connectivity index (χ4n) is 3.87. The molecule has 0 aliphatic rings. The number of benzene rings is 2. The topological polar surface area (TPSA) is 86.8 Å². The summed E-state index contributed by atoms with van der Waals surface area (Å²) in [6.45, 7) is 6.15. The van der Waals surface area contributed by atoms with E-state index < -0.39 is 16.1 Å². The second-order valence-electron chi connectivity index (χ2n) is 8.25. The number of sulfonamides is 1. The highest BCUT2D eigenvalue weighted by Gasteiger charge is 2.29. The van der Waals surface area contributed by atoms with Gasteiger partial charge in [-0.05, 0) is 56.0 Å². The second-order valence-corrected chi connectivity index (χ2v) is 11.0. The highest BCUT2D eigenvalue weighted by molar-refractivity contribution is 7.92. The molecule has 10 heteroatoms. The van der Waals surface area contributed by atoms with Gasteiger partial charge >= 0.3 is 0 Å². The summed E-state index contributed by atoms with van der Waals surface area (Å²) in [6.07, 6.45) is 1.88. The van der Waals surface area contributed by atoms with Crippen LogP contribution in [0.15, 0.2) is 42.5 Å². The summed E-state index contributed by atoms with van der Waals surface area (Å²) in [5.41, 5.74) is 1.86. The summed E-state index contributed by atoms with van der Waals surface area (Å²) >= 11 is 12.5. The van der Waals surface area contributed by atoms with Gasteiger partial charge in [0.2, 0.25) is 21.8 Å². The Kier molecular flexibility index (Phi) is 10.9. The first-order valence-corrected chi connectivity index (χ1v) is 14.1. The fraction of sp³-hybridized carbons (Fsp3) is 0.440. The molecule has 2 rings (SSSR count). The van der Waals surface area contributed by atoms with Crippen molar-refractivity contribution in [3.63, 3.8) is 0 Å². The molecule has 1 atom stereocenters. The molecular weight excluding hydrogens is 509 g/mol. The predicted molar refractivity (Wildman–Crippen MR) is 142 cm³/mol. The minimum Gasteiger partial charge on any atom is -0.355 e. The van der Waals surface area contributed by atoms with Crippen LogP contribution in [0.25, 0.3) is 0 Å². The zero-order valence-corrected chi connectivity index (χ0v) is 22.9. The van der Waals surface area contributed by atoms with E-state index in [0.717, 1.165) is 11.8 Å². The van der Waals surface area contributed by atoms with Crippen molar-refractivity contribution in [2.45, 2.75) is 52.6 Å². The van der Waals surface area contributed by atoms with E-state index in [1.165, 1.54) is 9.21 Å². The third-order valence-electron chi connectivity index (χ3n) is 5.70. The van der Waals surface area contributed by atoms with Crippen LogP contribution in [-0.4, -0.2) is 50.5 Å². The number of hydrogen-bond donors (Lipinski definition) is 1. The monoisotopic (exact) mass is 541 g/mol. The van der Waals surface area contributed by atoms with E-state index in [-0.39, 0.29) is 37.7 Å². The number of likely N-dealkylation sites (N-methyl/N-ethyl adjacent to an activating group) is 1. The van der Waals surface area contributed by atoms with Gasteiger partial charge in [-0.2, -0.15) is 0 Å². The van der Waals surface area contributed by atoms with Crippen molar-refractivity contribution in [3.8, 4) is 0 Å². The summed E-state index contributed by atoms with van der Waals surface area (Å²) in [5, 5.41) is 3.77. The second kappa shape index (κ2) is 13.1. The summed E-state index contributed by atoms with van der Waals surface area (Å²) in [7, 11) is -3.60. The van der Waals surface area contributed by atoms with E-state index in [0.29, 0.717) is 34.3 Å². The Balaban J connectivity index is 2.25. The van der Waals surface area contributed by atoms with Crippen molar-refractivity contribution in [3.05, 3.63) is 63.6 Å². The lowest BCUT2D eigenvalue weighted by molar-refractivity contribution is -0.141. The molecule has 0 radical (unpaired) electrons. The van der Waals surface area contributed by atoms with Crippen LogP contribution in [-0.2, 0) is 26.2 Å². The zero-order valence-electron chi connectivity index (χ0n) is 20.6. The van der Waals surface area contributed by atoms with E-state index in [2.05, 4.69) is 5.32 Å². The molecule has 2 aromatic rings. The molecule has 2 amide bonds. The first-order chi connectivity index (χ1) is 16.5. The number of rotatable bonds is 12. The van der Waals surface area contributed by atoms with Crippen LogP contribution in [0.4, 0.5) is 5.69 Å². The lowest BCUT2D eigenvalue weighted by Gasteiger charge is -2.31. The molecule has 0 bridgehead atoms. The SMILES string of the molecule is CCNC(=O)[C@H](CC)N(Cc1ccccc1Cl)C(=O)CCCN(c1cccc(Cl)c1C)S(C)(=O)=O. The number of hydrogen-bond acceptors (Lipinski definition) is 4. The van der Waals surface area contributed by atoms with E-state index in [1.807, 2.05) is 26.0 Å². The molecule has 35 heavy (non-hydrogen) atoms. The van der Waals surface area contributed by atoms with Crippen molar-refractivity contribution in [2.75, 3.05) is 23.7 Å². The Morgan fingerprint density at radius 1 is 1.03 bits per heavy atom. The fourth-order valence-corrected chi connectivity index (χ4v) is 5.25. The number of halogens is 2.